The molecule has 1 fully saturated rings. The fraction of sp³-hybridized carbons (Fsp3) is 0.208. The number of oxazole rings is 1. The van der Waals surface area contributed by atoms with Crippen molar-refractivity contribution in [3.8, 4) is 22.6 Å². The number of hydrogen-bond donors (Lipinski definition) is 0. The van der Waals surface area contributed by atoms with Crippen LogP contribution in [0.5, 0.6) is 0 Å². The molecule has 8 nitrogen and oxygen atoms in total. The summed E-state index contributed by atoms with van der Waals surface area (Å²) in [5.74, 6) is 0.457. The number of carbonyl (C=O) groups excluding carboxylic acids is 1. The predicted molar refractivity (Wildman–Crippen MR) is 134 cm³/mol. The molecule has 0 saturated carbocycles. The first-order chi connectivity index (χ1) is 16.9. The molecule has 0 bridgehead atoms. The lowest BCUT2D eigenvalue weighted by Gasteiger charge is -2.30. The standard InChI is InChI=1S/C24H18Cl2N4O4S/c25-17-4-1-14(2-5-17)22-21(27-13-34-22)24(31)29-9-7-15(8-10-29)23-28-19(12-35-23)16-3-6-18(26)20(11-16)30(32)33/h1-6,11-13,15H,7-10H2. The van der Waals surface area contributed by atoms with Gasteiger partial charge in [-0.25, -0.2) is 9.97 Å². The van der Waals surface area contributed by atoms with Crippen molar-refractivity contribution in [2.75, 3.05) is 13.1 Å². The summed E-state index contributed by atoms with van der Waals surface area (Å²) < 4.78 is 5.51. The van der Waals surface area contributed by atoms with Gasteiger partial charge in [0, 0.05) is 46.6 Å². The van der Waals surface area contributed by atoms with Crippen LogP contribution >= 0.6 is 34.5 Å². The van der Waals surface area contributed by atoms with Crippen LogP contribution in [0.2, 0.25) is 10.0 Å². The van der Waals surface area contributed by atoms with E-state index in [0.717, 1.165) is 23.4 Å². The molecule has 1 aliphatic heterocycles. The molecule has 0 aliphatic carbocycles. The SMILES string of the molecule is O=C(c1ncoc1-c1ccc(Cl)cc1)N1CCC(c2nc(-c3ccc(Cl)c([N+](=O)[O-])c3)cs2)CC1. The molecule has 2 aromatic heterocycles. The van der Waals surface area contributed by atoms with Gasteiger partial charge in [-0.3, -0.25) is 14.9 Å². The number of hydrogen-bond acceptors (Lipinski definition) is 7. The summed E-state index contributed by atoms with van der Waals surface area (Å²) in [5, 5.41) is 14.7. The summed E-state index contributed by atoms with van der Waals surface area (Å²) in [4.78, 5) is 34.5. The maximum atomic E-state index is 13.2. The van der Waals surface area contributed by atoms with Gasteiger partial charge >= 0.3 is 0 Å². The summed E-state index contributed by atoms with van der Waals surface area (Å²) in [5.41, 5.74) is 2.21. The Morgan fingerprint density at radius 3 is 2.54 bits per heavy atom. The van der Waals surface area contributed by atoms with Gasteiger partial charge in [-0.05, 0) is 43.2 Å². The van der Waals surface area contributed by atoms with Crippen LogP contribution in [0.4, 0.5) is 5.69 Å². The smallest absolute Gasteiger partial charge is 0.288 e. The number of halogens is 2. The van der Waals surface area contributed by atoms with Gasteiger partial charge in [0.1, 0.15) is 5.02 Å². The zero-order valence-corrected chi connectivity index (χ0v) is 20.5. The Bertz CT molecular complexity index is 1390. The maximum absolute atomic E-state index is 13.2. The highest BCUT2D eigenvalue weighted by molar-refractivity contribution is 7.10. The molecular weight excluding hydrogens is 511 g/mol. The molecule has 1 aliphatic rings. The number of carbonyl (C=O) groups is 1. The molecule has 1 saturated heterocycles. The third-order valence-electron chi connectivity index (χ3n) is 5.97. The number of thiazole rings is 1. The first kappa shape index (κ1) is 23.5. The van der Waals surface area contributed by atoms with Crippen LogP contribution in [-0.2, 0) is 0 Å². The topological polar surface area (TPSA) is 102 Å². The number of amides is 1. The van der Waals surface area contributed by atoms with Gasteiger partial charge in [0.15, 0.2) is 17.8 Å². The van der Waals surface area contributed by atoms with E-state index in [1.54, 1.807) is 35.2 Å². The predicted octanol–water partition coefficient (Wildman–Crippen LogP) is 6.70. The second-order valence-corrected chi connectivity index (χ2v) is 9.83. The zero-order valence-electron chi connectivity index (χ0n) is 18.2. The number of piperidine rings is 1. The van der Waals surface area contributed by atoms with E-state index >= 15 is 0 Å². The molecular formula is C24H18Cl2N4O4S. The Hall–Kier alpha value is -3.27. The van der Waals surface area contributed by atoms with E-state index < -0.39 is 4.92 Å². The molecule has 0 N–H and O–H groups in total. The van der Waals surface area contributed by atoms with Gasteiger partial charge in [0.05, 0.1) is 15.6 Å². The molecule has 0 atom stereocenters. The largest absolute Gasteiger partial charge is 0.443 e. The molecule has 3 heterocycles. The van der Waals surface area contributed by atoms with Crippen molar-refractivity contribution in [3.63, 3.8) is 0 Å². The first-order valence-electron chi connectivity index (χ1n) is 10.8. The van der Waals surface area contributed by atoms with Crippen molar-refractivity contribution >= 4 is 46.1 Å². The number of nitrogens with zero attached hydrogens (tertiary/aromatic N) is 4. The summed E-state index contributed by atoms with van der Waals surface area (Å²) >= 11 is 13.4. The van der Waals surface area contributed by atoms with Crippen LogP contribution in [0.1, 0.15) is 34.3 Å². The summed E-state index contributed by atoms with van der Waals surface area (Å²) in [6, 6.07) is 11.8. The molecule has 1 amide bonds. The number of aromatic nitrogens is 2. The zero-order chi connectivity index (χ0) is 24.5. The van der Waals surface area contributed by atoms with E-state index in [1.165, 1.54) is 29.9 Å². The minimum Gasteiger partial charge on any atom is -0.443 e. The van der Waals surface area contributed by atoms with Gasteiger partial charge in [0.25, 0.3) is 11.6 Å². The number of nitro groups is 1. The Labute approximate surface area is 214 Å². The Balaban J connectivity index is 1.27. The number of rotatable bonds is 5. The summed E-state index contributed by atoms with van der Waals surface area (Å²) in [7, 11) is 0. The Morgan fingerprint density at radius 2 is 1.83 bits per heavy atom. The highest BCUT2D eigenvalue weighted by Crippen LogP contribution is 2.36. The highest BCUT2D eigenvalue weighted by atomic mass is 35.5. The third-order valence-corrected chi connectivity index (χ3v) is 7.55. The normalized spacial score (nSPS) is 14.3. The van der Waals surface area contributed by atoms with E-state index in [9.17, 15) is 14.9 Å². The molecule has 0 spiro atoms. The van der Waals surface area contributed by atoms with Crippen molar-refractivity contribution in [2.24, 2.45) is 0 Å². The molecule has 0 radical (unpaired) electrons. The second-order valence-electron chi connectivity index (χ2n) is 8.10. The van der Waals surface area contributed by atoms with Crippen molar-refractivity contribution in [2.45, 2.75) is 18.8 Å². The van der Waals surface area contributed by atoms with Gasteiger partial charge in [-0.15, -0.1) is 11.3 Å². The van der Waals surface area contributed by atoms with Crippen molar-refractivity contribution in [3.05, 3.63) is 85.1 Å². The molecule has 11 heteroatoms. The fourth-order valence-corrected chi connectivity index (χ4v) is 5.42. The molecule has 178 valence electrons. The number of benzene rings is 2. The molecule has 0 unspecified atom stereocenters. The maximum Gasteiger partial charge on any atom is 0.288 e. The number of nitro benzene ring substituents is 1. The second kappa shape index (κ2) is 9.77. The quantitative estimate of drug-likeness (QED) is 0.211. The Morgan fingerprint density at radius 1 is 1.11 bits per heavy atom. The Kier molecular flexibility index (Phi) is 6.55. The van der Waals surface area contributed by atoms with Crippen LogP contribution < -0.4 is 0 Å². The summed E-state index contributed by atoms with van der Waals surface area (Å²) in [6.07, 6.45) is 2.79. The van der Waals surface area contributed by atoms with Crippen LogP contribution in [-0.4, -0.2) is 38.8 Å². The lowest BCUT2D eigenvalue weighted by Crippen LogP contribution is -2.38. The van der Waals surface area contributed by atoms with Crippen molar-refractivity contribution in [1.82, 2.24) is 14.9 Å². The van der Waals surface area contributed by atoms with Crippen LogP contribution in [0, 0.1) is 10.1 Å². The lowest BCUT2D eigenvalue weighted by molar-refractivity contribution is -0.384. The third kappa shape index (κ3) is 4.80. The van der Waals surface area contributed by atoms with Gasteiger partial charge in [-0.2, -0.15) is 0 Å². The van der Waals surface area contributed by atoms with Crippen molar-refractivity contribution in [1.29, 1.82) is 0 Å². The van der Waals surface area contributed by atoms with E-state index in [4.69, 9.17) is 32.6 Å². The van der Waals surface area contributed by atoms with Crippen LogP contribution in [0.15, 0.2) is 58.7 Å². The first-order valence-corrected chi connectivity index (χ1v) is 12.4. The summed E-state index contributed by atoms with van der Waals surface area (Å²) in [6.45, 7) is 1.13. The molecule has 35 heavy (non-hydrogen) atoms. The number of likely N-dealkylation sites (tertiary alicyclic amines) is 1. The molecule has 4 aromatic rings. The minimum atomic E-state index is -0.501. The van der Waals surface area contributed by atoms with Crippen molar-refractivity contribution < 1.29 is 14.1 Å². The average molecular weight is 529 g/mol. The van der Waals surface area contributed by atoms with Gasteiger partial charge < -0.3 is 9.32 Å². The van der Waals surface area contributed by atoms with E-state index in [2.05, 4.69) is 4.98 Å². The minimum absolute atomic E-state index is 0.0950. The van der Waals surface area contributed by atoms with Crippen LogP contribution in [0.3, 0.4) is 0 Å². The lowest BCUT2D eigenvalue weighted by atomic mass is 9.97. The van der Waals surface area contributed by atoms with E-state index in [-0.39, 0.29) is 28.2 Å². The van der Waals surface area contributed by atoms with E-state index in [1.807, 2.05) is 5.38 Å². The monoisotopic (exact) mass is 528 g/mol. The molecule has 5 rings (SSSR count). The average Bonchev–Trinajstić information content (AvgIpc) is 3.55. The van der Waals surface area contributed by atoms with Gasteiger partial charge in [0.2, 0.25) is 0 Å². The van der Waals surface area contributed by atoms with Gasteiger partial charge in [-0.1, -0.05) is 29.3 Å². The van der Waals surface area contributed by atoms with Crippen LogP contribution in [0.25, 0.3) is 22.6 Å². The fourth-order valence-electron chi connectivity index (χ4n) is 4.10. The molecule has 2 aromatic carbocycles. The van der Waals surface area contributed by atoms with E-state index in [0.29, 0.717) is 35.1 Å². The highest BCUT2D eigenvalue weighted by Gasteiger charge is 2.29.